The Hall–Kier alpha value is -0.970. The molecular formula is C13H15Cl2NO3. The molecule has 1 fully saturated rings. The van der Waals surface area contributed by atoms with Crippen molar-refractivity contribution in [1.29, 1.82) is 0 Å². The molecule has 0 aliphatic carbocycles. The lowest BCUT2D eigenvalue weighted by Gasteiger charge is -2.36. The van der Waals surface area contributed by atoms with Crippen molar-refractivity contribution in [3.05, 3.63) is 33.8 Å². The number of halogens is 2. The van der Waals surface area contributed by atoms with E-state index in [9.17, 15) is 15.0 Å². The molecule has 19 heavy (non-hydrogen) atoms. The average molecular weight is 304 g/mol. The van der Waals surface area contributed by atoms with Crippen molar-refractivity contribution < 1.29 is 15.0 Å². The number of aliphatic hydroxyl groups is 1. The van der Waals surface area contributed by atoms with Crippen LogP contribution in [0.25, 0.3) is 0 Å². The highest BCUT2D eigenvalue weighted by Gasteiger charge is 2.32. The lowest BCUT2D eigenvalue weighted by atomic mass is 9.93. The molecule has 2 rings (SSSR count). The summed E-state index contributed by atoms with van der Waals surface area (Å²) in [6.45, 7) is 0.457. The first kappa shape index (κ1) is 14.4. The highest BCUT2D eigenvalue weighted by molar-refractivity contribution is 6.42. The zero-order chi connectivity index (χ0) is 14.0. The zero-order valence-corrected chi connectivity index (χ0v) is 11.7. The van der Waals surface area contributed by atoms with E-state index < -0.39 is 18.2 Å². The van der Waals surface area contributed by atoms with E-state index in [4.69, 9.17) is 23.2 Å². The predicted molar refractivity (Wildman–Crippen MR) is 73.8 cm³/mol. The van der Waals surface area contributed by atoms with Gasteiger partial charge in [0.1, 0.15) is 0 Å². The van der Waals surface area contributed by atoms with Crippen LogP contribution in [0, 0.1) is 0 Å². The van der Waals surface area contributed by atoms with Crippen molar-refractivity contribution in [2.45, 2.75) is 31.4 Å². The van der Waals surface area contributed by atoms with Crippen LogP contribution in [-0.2, 0) is 0 Å². The first-order chi connectivity index (χ1) is 9.00. The van der Waals surface area contributed by atoms with Crippen LogP contribution in [0.3, 0.4) is 0 Å². The fourth-order valence-corrected chi connectivity index (χ4v) is 2.75. The Morgan fingerprint density at radius 1 is 1.32 bits per heavy atom. The lowest BCUT2D eigenvalue weighted by Crippen LogP contribution is -2.46. The molecule has 0 aromatic heterocycles. The number of carbonyl (C=O) groups is 1. The Kier molecular flexibility index (Phi) is 4.55. The fourth-order valence-electron chi connectivity index (χ4n) is 2.44. The van der Waals surface area contributed by atoms with Crippen molar-refractivity contribution in [3.8, 4) is 0 Å². The Bertz CT molecular complexity index is 481. The number of benzene rings is 1. The summed E-state index contributed by atoms with van der Waals surface area (Å²) in [6, 6.07) is 4.44. The van der Waals surface area contributed by atoms with E-state index in [1.165, 1.54) is 4.90 Å². The highest BCUT2D eigenvalue weighted by Crippen LogP contribution is 2.32. The van der Waals surface area contributed by atoms with Gasteiger partial charge < -0.3 is 15.1 Å². The summed E-state index contributed by atoms with van der Waals surface area (Å²) in [6.07, 6.45) is 0.507. The summed E-state index contributed by atoms with van der Waals surface area (Å²) in [7, 11) is 0. The van der Waals surface area contributed by atoms with Gasteiger partial charge in [0.25, 0.3) is 0 Å². The second-order valence-electron chi connectivity index (χ2n) is 4.66. The second-order valence-corrected chi connectivity index (χ2v) is 5.47. The maximum atomic E-state index is 11.2. The number of carboxylic acid groups (broad SMARTS) is 1. The highest BCUT2D eigenvalue weighted by atomic mass is 35.5. The number of nitrogens with zero attached hydrogens (tertiary/aromatic N) is 1. The van der Waals surface area contributed by atoms with Gasteiger partial charge >= 0.3 is 6.09 Å². The summed E-state index contributed by atoms with van der Waals surface area (Å²) in [5, 5.41) is 20.3. The molecule has 4 nitrogen and oxygen atoms in total. The van der Waals surface area contributed by atoms with Crippen LogP contribution < -0.4 is 0 Å². The maximum absolute atomic E-state index is 11.2. The Labute approximate surface area is 121 Å². The summed E-state index contributed by atoms with van der Waals surface area (Å²) in [4.78, 5) is 12.5. The van der Waals surface area contributed by atoms with Gasteiger partial charge in [0.05, 0.1) is 22.2 Å². The van der Waals surface area contributed by atoms with Crippen molar-refractivity contribution in [1.82, 2.24) is 4.90 Å². The first-order valence-corrected chi connectivity index (χ1v) is 6.89. The van der Waals surface area contributed by atoms with Gasteiger partial charge in [-0.15, -0.1) is 0 Å². The molecule has 2 atom stereocenters. The molecule has 6 heteroatoms. The molecule has 1 aromatic carbocycles. The monoisotopic (exact) mass is 303 g/mol. The van der Waals surface area contributed by atoms with Crippen LogP contribution in [0.15, 0.2) is 18.2 Å². The third kappa shape index (κ3) is 3.14. The number of aliphatic hydroxyl groups excluding tert-OH is 1. The number of hydrogen-bond acceptors (Lipinski definition) is 2. The SMILES string of the molecule is O=C(O)N1CCCC[C@@H]1C(O)c1ccc(Cl)c(Cl)c1. The van der Waals surface area contributed by atoms with E-state index in [2.05, 4.69) is 0 Å². The standard InChI is InChI=1S/C13H15Cl2NO3/c14-9-5-4-8(7-10(9)15)12(17)11-3-1-2-6-16(11)13(18)19/h4-5,7,11-12,17H,1-3,6H2,(H,18,19)/t11-,12?/m1/s1. The minimum atomic E-state index is -0.996. The summed E-state index contributed by atoms with van der Waals surface area (Å²) >= 11 is 11.8. The van der Waals surface area contributed by atoms with E-state index in [1.807, 2.05) is 0 Å². The molecule has 0 saturated carbocycles. The number of amides is 1. The minimum absolute atomic E-state index is 0.357. The number of likely N-dealkylation sites (tertiary alicyclic amines) is 1. The van der Waals surface area contributed by atoms with E-state index in [0.29, 0.717) is 28.6 Å². The van der Waals surface area contributed by atoms with Gasteiger partial charge in [-0.3, -0.25) is 0 Å². The van der Waals surface area contributed by atoms with E-state index in [1.54, 1.807) is 18.2 Å². The van der Waals surface area contributed by atoms with E-state index in [0.717, 1.165) is 12.8 Å². The molecule has 1 aliphatic rings. The molecule has 104 valence electrons. The quantitative estimate of drug-likeness (QED) is 0.878. The molecular weight excluding hydrogens is 289 g/mol. The van der Waals surface area contributed by atoms with Crippen LogP contribution in [0.4, 0.5) is 4.79 Å². The third-order valence-corrected chi connectivity index (χ3v) is 4.18. The third-order valence-electron chi connectivity index (χ3n) is 3.44. The molecule has 1 heterocycles. The molecule has 0 bridgehead atoms. The van der Waals surface area contributed by atoms with E-state index >= 15 is 0 Å². The lowest BCUT2D eigenvalue weighted by molar-refractivity contribution is 0.0286. The largest absolute Gasteiger partial charge is 0.465 e. The molecule has 2 N–H and O–H groups in total. The summed E-state index contributed by atoms with van der Waals surface area (Å²) < 4.78 is 0. The Balaban J connectivity index is 2.23. The van der Waals surface area contributed by atoms with Gasteiger partial charge in [0.15, 0.2) is 0 Å². The van der Waals surface area contributed by atoms with Gasteiger partial charge in [-0.25, -0.2) is 4.79 Å². The van der Waals surface area contributed by atoms with Crippen molar-refractivity contribution in [2.24, 2.45) is 0 Å². The molecule has 1 amide bonds. The summed E-state index contributed by atoms with van der Waals surface area (Å²) in [5.74, 6) is 0. The molecule has 1 saturated heterocycles. The van der Waals surface area contributed by atoms with Crippen molar-refractivity contribution in [2.75, 3.05) is 6.54 Å². The van der Waals surface area contributed by atoms with E-state index in [-0.39, 0.29) is 0 Å². The predicted octanol–water partition coefficient (Wildman–Crippen LogP) is 3.56. The number of rotatable bonds is 2. The Morgan fingerprint density at radius 3 is 2.68 bits per heavy atom. The van der Waals surface area contributed by atoms with Crippen LogP contribution >= 0.6 is 23.2 Å². The molecule has 0 spiro atoms. The maximum Gasteiger partial charge on any atom is 0.407 e. The molecule has 1 unspecified atom stereocenters. The molecule has 1 aromatic rings. The molecule has 1 aliphatic heterocycles. The number of piperidine rings is 1. The second kappa shape index (κ2) is 5.99. The van der Waals surface area contributed by atoms with Crippen LogP contribution in [-0.4, -0.2) is 33.8 Å². The van der Waals surface area contributed by atoms with Gasteiger partial charge in [-0.05, 0) is 37.0 Å². The smallest absolute Gasteiger partial charge is 0.407 e. The van der Waals surface area contributed by atoms with Crippen molar-refractivity contribution in [3.63, 3.8) is 0 Å². The van der Waals surface area contributed by atoms with Crippen LogP contribution in [0.5, 0.6) is 0 Å². The molecule has 0 radical (unpaired) electrons. The van der Waals surface area contributed by atoms with Gasteiger partial charge in [-0.2, -0.15) is 0 Å². The first-order valence-electron chi connectivity index (χ1n) is 6.13. The van der Waals surface area contributed by atoms with Crippen LogP contribution in [0.1, 0.15) is 30.9 Å². The Morgan fingerprint density at radius 2 is 2.05 bits per heavy atom. The van der Waals surface area contributed by atoms with Gasteiger partial charge in [0, 0.05) is 6.54 Å². The van der Waals surface area contributed by atoms with Gasteiger partial charge in [0.2, 0.25) is 0 Å². The minimum Gasteiger partial charge on any atom is -0.465 e. The summed E-state index contributed by atoms with van der Waals surface area (Å²) in [5.41, 5.74) is 0.590. The zero-order valence-electron chi connectivity index (χ0n) is 10.2. The fraction of sp³-hybridized carbons (Fsp3) is 0.462. The van der Waals surface area contributed by atoms with Crippen molar-refractivity contribution >= 4 is 29.3 Å². The average Bonchev–Trinajstić information content (AvgIpc) is 2.41. The normalized spacial score (nSPS) is 21.2. The van der Waals surface area contributed by atoms with Gasteiger partial charge in [-0.1, -0.05) is 29.3 Å². The number of hydrogen-bond donors (Lipinski definition) is 2. The van der Waals surface area contributed by atoms with Crippen LogP contribution in [0.2, 0.25) is 10.0 Å². The topological polar surface area (TPSA) is 60.8 Å².